The van der Waals surface area contributed by atoms with Gasteiger partial charge in [0, 0.05) is 48.5 Å². The highest BCUT2D eigenvalue weighted by atomic mass is 16.3. The maximum atomic E-state index is 9.82. The molecule has 146 heavy (non-hydrogen) atoms. The molecule has 0 atom stereocenters. The van der Waals surface area contributed by atoms with Crippen molar-refractivity contribution >= 4 is 206 Å². The van der Waals surface area contributed by atoms with Crippen molar-refractivity contribution in [1.29, 1.82) is 0 Å². The number of benzene rings is 28. The molecule has 0 saturated heterocycles. The monoisotopic (exact) mass is 1940 g/mol. The lowest BCUT2D eigenvalue weighted by Crippen LogP contribution is -1.93. The first kappa shape index (κ1) is 34.7. The molecule has 3 nitrogen and oxygen atoms in total. The van der Waals surface area contributed by atoms with Crippen molar-refractivity contribution < 1.29 is 131 Å². The summed E-state index contributed by atoms with van der Waals surface area (Å²) in [7, 11) is 0. The SMILES string of the molecule is [2H]c1c([2H])c(-c2c([2H])c([2H])c([2H])c3c2c([2H])c([2H])c2c([2H])c([2H])c([2H])c([2H])c23)c([2H])c([2H])c1-c1c2c([2H])c([2H])c([2H])c([2H])c2c(-c2c([2H])c([2H])c([2H])c3oc4c5c([2H])c([2H])c([2H])c([2H])c5c([2H])c([2H])c4c23)c2c([2H])c([2H])c([2H])c([2H])c12.[2H]c1c([2H])c(-c2c([2H])c([2H])c3c([2H])c([2H])c([2H])c([2H])c3c2[2H])c([2H])c(-c2c3c([2H])c([2H])c([2H])c([2H])c3c(-c3c([2H])c([2H])c([2H])c4oc5c6c([2H])c([2H])c([2H])c([2H])c6c([2H])c([2H])c5c34)c3c([2H])c([2H])c([2H])c([2H])c23)c1[2H].[2H]c1c([2H])c(Cc2c([2H])c([2H])c([2H])c3c([2H])c([2H])c([2H])c([2H])c23)c([2H])c(-c2c3c([2H])c([2H])c([2H])c([2H])c3c(-c3c([2H])c([2H])c([2H])c4oc5c6c([2H])c([2H])c([2H])c([2H])c6c([2H])c([2H])c5c34)c3c([2H])c([2H])c([2H])c([2H])c23)c1[2H]. The molecule has 0 aliphatic heterocycles. The Morgan fingerprint density at radius 3 is 0.856 bits per heavy atom. The molecule has 0 aliphatic carbocycles. The summed E-state index contributed by atoms with van der Waals surface area (Å²) in [5, 5.41) is -19.5. The average Bonchev–Trinajstić information content (AvgIpc) is 1.38. The van der Waals surface area contributed by atoms with Crippen LogP contribution in [0.5, 0.6) is 0 Å². The summed E-state index contributed by atoms with van der Waals surface area (Å²) < 4.78 is 795. The summed E-state index contributed by atoms with van der Waals surface area (Å²) in [5.41, 5.74) is -17.1. The summed E-state index contributed by atoms with van der Waals surface area (Å²) >= 11 is 0. The second-order valence-electron chi connectivity index (χ2n) is 32.2. The Balaban J connectivity index is 0.000000146. The summed E-state index contributed by atoms with van der Waals surface area (Å²) in [6.45, 7) is 0. The van der Waals surface area contributed by atoms with Crippen LogP contribution in [0.3, 0.4) is 0 Å². The lowest BCUT2D eigenvalue weighted by molar-refractivity contribution is 0.672. The highest BCUT2D eigenvalue weighted by Gasteiger charge is 2.28. The van der Waals surface area contributed by atoms with Gasteiger partial charge in [-0.05, 0) is 279 Å². The topological polar surface area (TPSA) is 39.4 Å². The van der Waals surface area contributed by atoms with E-state index in [0.717, 1.165) is 0 Å². The number of hydrogen-bond acceptors (Lipinski definition) is 3. The van der Waals surface area contributed by atoms with Crippen LogP contribution in [-0.4, -0.2) is 0 Å². The fraction of sp³-hybridized carbons (Fsp3) is 0.00699. The van der Waals surface area contributed by atoms with Crippen LogP contribution in [0.25, 0.3) is 295 Å². The molecule has 31 aromatic rings. The van der Waals surface area contributed by atoms with Gasteiger partial charge in [-0.25, -0.2) is 0 Å². The molecule has 0 radical (unpaired) electrons. The van der Waals surface area contributed by atoms with Crippen molar-refractivity contribution in [2.24, 2.45) is 0 Å². The van der Waals surface area contributed by atoms with Gasteiger partial charge in [-0.2, -0.15) is 0 Å². The van der Waals surface area contributed by atoms with Gasteiger partial charge in [0.1, 0.15) is 33.5 Å². The van der Waals surface area contributed by atoms with E-state index in [1.807, 2.05) is 0 Å². The zero-order chi connectivity index (χ0) is 171. The zero-order valence-electron chi connectivity index (χ0n) is 159. The van der Waals surface area contributed by atoms with Gasteiger partial charge in [0.15, 0.2) is 0 Å². The molecular formula is C143H88O3. The molecule has 28 aromatic carbocycles. The van der Waals surface area contributed by atoms with Gasteiger partial charge in [0.05, 0.1) is 118 Å². The van der Waals surface area contributed by atoms with Gasteiger partial charge in [0.2, 0.25) is 0 Å². The molecule has 31 rings (SSSR count). The van der Waals surface area contributed by atoms with E-state index in [4.69, 9.17) is 92.8 Å². The van der Waals surface area contributed by atoms with Crippen LogP contribution < -0.4 is 0 Å². The van der Waals surface area contributed by atoms with Crippen LogP contribution in [0, 0.1) is 0 Å². The van der Waals surface area contributed by atoms with Gasteiger partial charge in [-0.1, -0.05) is 471 Å². The van der Waals surface area contributed by atoms with Crippen LogP contribution in [-0.2, 0) is 6.42 Å². The number of hydrogen-bond donors (Lipinski definition) is 0. The third kappa shape index (κ3) is 13.7. The van der Waals surface area contributed by atoms with Gasteiger partial charge < -0.3 is 13.3 Å². The van der Waals surface area contributed by atoms with Crippen LogP contribution in [0.1, 0.15) is 129 Å². The first-order valence-corrected chi connectivity index (χ1v) is 43.4. The molecule has 0 N–H and O–H groups in total. The quantitative estimate of drug-likeness (QED) is 0.101. The van der Waals surface area contributed by atoms with E-state index >= 15 is 0 Å². The van der Waals surface area contributed by atoms with Crippen molar-refractivity contribution in [2.75, 3.05) is 0 Å². The van der Waals surface area contributed by atoms with Gasteiger partial charge in [-0.15, -0.1) is 0 Å². The molecule has 3 heterocycles. The van der Waals surface area contributed by atoms with E-state index in [1.54, 1.807) is 0 Å². The Bertz CT molecular complexity index is 16300. The predicted octanol–water partition coefficient (Wildman–Crippen LogP) is 40.7. The Kier molecular flexibility index (Phi) is 8.18. The summed E-state index contributed by atoms with van der Waals surface area (Å²) in [4.78, 5) is 0. The van der Waals surface area contributed by atoms with Crippen molar-refractivity contribution in [3.8, 4) is 89.0 Å². The largest absolute Gasteiger partial charge is 0.455 e. The fourth-order valence-corrected chi connectivity index (χ4v) is 18.3. The molecular weight excluding hydrogens is 1770 g/mol. The summed E-state index contributed by atoms with van der Waals surface area (Å²) in [6, 6.07) is -78.8. The second-order valence-corrected chi connectivity index (χ2v) is 32.2. The van der Waals surface area contributed by atoms with E-state index in [1.165, 1.54) is 0 Å². The smallest absolute Gasteiger partial charge is 0.143 e. The van der Waals surface area contributed by atoms with Crippen LogP contribution in [0.15, 0.2) is 533 Å². The maximum absolute atomic E-state index is 9.82. The first-order valence-electron chi connectivity index (χ1n) is 86.4. The maximum Gasteiger partial charge on any atom is 0.143 e. The third-order valence-corrected chi connectivity index (χ3v) is 24.4. The molecule has 3 aromatic heterocycles. The lowest BCUT2D eigenvalue weighted by Gasteiger charge is -2.18. The van der Waals surface area contributed by atoms with Crippen molar-refractivity contribution in [2.45, 2.75) is 6.42 Å². The minimum absolute atomic E-state index is 0.418. The number of rotatable bonds is 10. The van der Waals surface area contributed by atoms with Gasteiger partial charge in [-0.3, -0.25) is 0 Å². The molecule has 3 heteroatoms. The number of fused-ring (bicyclic) bond motifs is 26. The number of furan rings is 3. The van der Waals surface area contributed by atoms with Gasteiger partial charge >= 0.3 is 0 Å². The van der Waals surface area contributed by atoms with E-state index in [-0.39, 0.29) is 0 Å². The van der Waals surface area contributed by atoms with E-state index in [2.05, 4.69) is 0 Å². The minimum atomic E-state index is -1.15. The molecule has 0 aliphatic rings. The van der Waals surface area contributed by atoms with E-state index in [0.29, 0.717) is 0 Å². The molecule has 0 fully saturated rings. The molecule has 0 amide bonds. The summed E-state index contributed by atoms with van der Waals surface area (Å²) in [6.07, 6.45) is -0.876. The van der Waals surface area contributed by atoms with Crippen LogP contribution in [0.2, 0.25) is 0 Å². The Morgan fingerprint density at radius 2 is 0.418 bits per heavy atom. The second kappa shape index (κ2) is 34.4. The fourth-order valence-electron chi connectivity index (χ4n) is 18.3. The van der Waals surface area contributed by atoms with Crippen molar-refractivity contribution in [3.05, 3.63) is 531 Å². The van der Waals surface area contributed by atoms with Crippen LogP contribution >= 0.6 is 0 Å². The predicted molar refractivity (Wildman–Crippen MR) is 621 cm³/mol. The standard InChI is InChI=1S/C50H30O.C47H30O.C46H28O/c1-3-13-35-31(11-1)27-29-39-36(19-9-20-38(35)39)33-23-25-34(26-24-33)47-40-15-5-7-17-42(40)48(43-18-8-6-16-41(43)47)44-21-10-22-46-49(44)45-30-28-32-12-2-4-14-37(32)50(45)51-46;1-3-18-35-31(13-1)15-10-16-33(35)28-30-12-9-17-34(29-30)44-37-20-5-7-22-39(37)45(40-23-8-6-21-38(40)44)41-24-11-25-43-46(41)42-27-26-32-14-2-4-19-36(32)47(42)48-43;1-2-13-31-27-33(24-23-29(31)11-1)32-14-9-15-34(28-32)43-36-17-5-7-19-38(36)44(39-20-8-6-18-37(39)43)40-21-10-22-42-45(40)41-26-25-30-12-3-4-16-35(30)46(41)47-42/h1-30H;1-27,29H,28H2;1-28H/i1D,2D,3D,4D,5D,6D,7D,8D,9D,10D,11D,12D,13D,14D,15D,16D,17D,18D,19D,20D,21D,22D,23D,24D,25D,26D,27D,28D,29D,30D;1D,2D,3D,4D,5D,6D,7D,8D,9D,10D,11D,12D,13D,14D,15D,16D,17D,18D,19D,20D,21D,22D,23D,24D,25D,26D,27D,29D;1D,2D,3D,4D,5D,6D,7D,8D,9D,10D,11D,12D,13D,14D,15D,16D,17D,18D,19D,20D,21D,22D,23D,24D,25D,26D,27D,28D. The summed E-state index contributed by atoms with van der Waals surface area (Å²) in [5.74, 6) is 0. The molecule has 0 spiro atoms. The van der Waals surface area contributed by atoms with Gasteiger partial charge in [0.25, 0.3) is 0 Å². The first-order chi connectivity index (χ1) is 108. The average molecular weight is 1940 g/mol. The van der Waals surface area contributed by atoms with Crippen molar-refractivity contribution in [1.82, 2.24) is 0 Å². The lowest BCUT2D eigenvalue weighted by atomic mass is 9.84. The third-order valence-electron chi connectivity index (χ3n) is 24.4. The molecule has 0 bridgehead atoms. The van der Waals surface area contributed by atoms with E-state index in [9.17, 15) is 38.4 Å². The van der Waals surface area contributed by atoms with Crippen molar-refractivity contribution in [3.63, 3.8) is 0 Å². The molecule has 0 unspecified atom stereocenters. The van der Waals surface area contributed by atoms with E-state index < -0.39 is 832 Å². The highest BCUT2D eigenvalue weighted by Crippen LogP contribution is 2.54. The molecule has 0 saturated carbocycles. The Labute approximate surface area is 962 Å². The normalized spacial score (nSPS) is 20.1. The molecule has 678 valence electrons. The Morgan fingerprint density at radius 1 is 0.144 bits per heavy atom. The zero-order valence-corrected chi connectivity index (χ0v) is 72.9. The highest BCUT2D eigenvalue weighted by molar-refractivity contribution is 6.32. The minimum Gasteiger partial charge on any atom is -0.455 e. The van der Waals surface area contributed by atoms with Crippen LogP contribution in [0.4, 0.5) is 0 Å². The Hall–Kier alpha value is -19.1.